The molecule has 7 nitrogen and oxygen atoms in total. The summed E-state index contributed by atoms with van der Waals surface area (Å²) >= 11 is 0. The Balaban J connectivity index is 1.20. The van der Waals surface area contributed by atoms with E-state index in [1.54, 1.807) is 10.8 Å². The fraction of sp³-hybridized carbons (Fsp3) is 0.375. The highest BCUT2D eigenvalue weighted by atomic mass is 16.6. The smallest absolute Gasteiger partial charge is 0.164 e. The average molecular weight is 416 g/mol. The van der Waals surface area contributed by atoms with Gasteiger partial charge in [-0.25, -0.2) is 9.97 Å². The van der Waals surface area contributed by atoms with Gasteiger partial charge in [0, 0.05) is 28.9 Å². The maximum Gasteiger partial charge on any atom is 0.164 e. The van der Waals surface area contributed by atoms with Crippen molar-refractivity contribution in [3.63, 3.8) is 0 Å². The van der Waals surface area contributed by atoms with Crippen LogP contribution in [0.3, 0.4) is 0 Å². The van der Waals surface area contributed by atoms with Crippen LogP contribution in [0.25, 0.3) is 21.9 Å². The number of pyridine rings is 1. The van der Waals surface area contributed by atoms with Crippen molar-refractivity contribution in [1.82, 2.24) is 19.5 Å². The van der Waals surface area contributed by atoms with Gasteiger partial charge in [-0.15, -0.1) is 0 Å². The molecule has 4 heterocycles. The van der Waals surface area contributed by atoms with E-state index in [0.29, 0.717) is 12.1 Å². The quantitative estimate of drug-likeness (QED) is 0.531. The lowest BCUT2D eigenvalue weighted by atomic mass is 10.0. The zero-order valence-corrected chi connectivity index (χ0v) is 17.1. The molecule has 0 unspecified atom stereocenters. The molecule has 3 aromatic heterocycles. The lowest BCUT2D eigenvalue weighted by Crippen LogP contribution is -2.31. The first kappa shape index (κ1) is 18.9. The molecule has 1 aliphatic carbocycles. The molecule has 4 aromatic rings. The molecule has 158 valence electrons. The number of aromatic nitrogens is 4. The van der Waals surface area contributed by atoms with Gasteiger partial charge in [-0.1, -0.05) is 12.1 Å². The van der Waals surface area contributed by atoms with Gasteiger partial charge in [0.15, 0.2) is 6.23 Å². The summed E-state index contributed by atoms with van der Waals surface area (Å²) in [7, 11) is 0. The van der Waals surface area contributed by atoms with Crippen LogP contribution in [0.5, 0.6) is 0 Å². The number of rotatable bonds is 4. The molecule has 31 heavy (non-hydrogen) atoms. The zero-order valence-electron chi connectivity index (χ0n) is 17.1. The summed E-state index contributed by atoms with van der Waals surface area (Å²) in [5.41, 5.74) is 5.48. The molecule has 1 aromatic carbocycles. The Morgan fingerprint density at radius 1 is 1.06 bits per heavy atom. The van der Waals surface area contributed by atoms with E-state index in [1.807, 2.05) is 12.3 Å². The predicted molar refractivity (Wildman–Crippen MR) is 116 cm³/mol. The monoisotopic (exact) mass is 416 g/mol. The predicted octanol–water partition coefficient (Wildman–Crippen LogP) is 2.72. The zero-order chi connectivity index (χ0) is 20.9. The van der Waals surface area contributed by atoms with Crippen LogP contribution in [0.2, 0.25) is 0 Å². The van der Waals surface area contributed by atoms with E-state index in [1.165, 1.54) is 29.4 Å². The number of aliphatic hydroxyl groups is 2. The number of aryl methyl sites for hydroxylation is 3. The van der Waals surface area contributed by atoms with Crippen molar-refractivity contribution in [2.75, 3.05) is 0 Å². The molecular formula is C24H24N4O3. The average Bonchev–Trinajstić information content (AvgIpc) is 3.49. The van der Waals surface area contributed by atoms with Gasteiger partial charge in [-0.3, -0.25) is 4.98 Å². The summed E-state index contributed by atoms with van der Waals surface area (Å²) in [6.45, 7) is 0. The highest BCUT2D eigenvalue weighted by Gasteiger charge is 2.43. The Labute approximate surface area is 179 Å². The standard InChI is InChI=1S/C24H24N4O3/c29-21-20(31-24(22(21)30)28-9-8-17-12-25-13-26-23(17)28)7-5-14-4-6-16-11-15-2-1-3-18(15)27-19(16)10-14/h4,6,8-13,20-22,24,29-30H,1-3,5,7H2/t20-,21-,22-,24-/m1/s1. The molecule has 1 aliphatic heterocycles. The molecule has 6 rings (SSSR count). The second-order valence-electron chi connectivity index (χ2n) is 8.58. The third-order valence-corrected chi connectivity index (χ3v) is 6.62. The van der Waals surface area contributed by atoms with Crippen molar-refractivity contribution in [3.05, 3.63) is 65.9 Å². The molecular weight excluding hydrogens is 392 g/mol. The Morgan fingerprint density at radius 3 is 2.94 bits per heavy atom. The summed E-state index contributed by atoms with van der Waals surface area (Å²) < 4.78 is 7.86. The van der Waals surface area contributed by atoms with E-state index >= 15 is 0 Å². The van der Waals surface area contributed by atoms with Gasteiger partial charge in [0.25, 0.3) is 0 Å². The highest BCUT2D eigenvalue weighted by Crippen LogP contribution is 2.34. The third-order valence-electron chi connectivity index (χ3n) is 6.62. The van der Waals surface area contributed by atoms with Crippen molar-refractivity contribution >= 4 is 21.9 Å². The van der Waals surface area contributed by atoms with Crippen LogP contribution < -0.4 is 0 Å². The van der Waals surface area contributed by atoms with E-state index in [9.17, 15) is 10.2 Å². The molecule has 2 aliphatic rings. The normalized spacial score (nSPS) is 25.5. The van der Waals surface area contributed by atoms with Crippen LogP contribution in [0.1, 0.15) is 35.9 Å². The van der Waals surface area contributed by atoms with Crippen LogP contribution in [-0.2, 0) is 24.0 Å². The first-order chi connectivity index (χ1) is 15.2. The number of hydrogen-bond donors (Lipinski definition) is 2. The fourth-order valence-electron chi connectivity index (χ4n) is 4.94. The Hall–Kier alpha value is -2.87. The van der Waals surface area contributed by atoms with Gasteiger partial charge in [0.2, 0.25) is 0 Å². The van der Waals surface area contributed by atoms with E-state index in [0.717, 1.165) is 35.7 Å². The summed E-state index contributed by atoms with van der Waals surface area (Å²) in [5.74, 6) is 0. The number of aliphatic hydroxyl groups excluding tert-OH is 2. The van der Waals surface area contributed by atoms with E-state index in [4.69, 9.17) is 9.72 Å². The number of hydrogen-bond acceptors (Lipinski definition) is 6. The molecule has 1 saturated heterocycles. The second-order valence-corrected chi connectivity index (χ2v) is 8.58. The second kappa shape index (κ2) is 7.37. The van der Waals surface area contributed by atoms with Crippen LogP contribution in [0.4, 0.5) is 0 Å². The largest absolute Gasteiger partial charge is 0.388 e. The molecule has 0 bridgehead atoms. The van der Waals surface area contributed by atoms with Crippen LogP contribution in [0, 0.1) is 0 Å². The van der Waals surface area contributed by atoms with Crippen molar-refractivity contribution < 1.29 is 14.9 Å². The molecule has 1 fully saturated rings. The molecule has 2 N–H and O–H groups in total. The summed E-state index contributed by atoms with van der Waals surface area (Å²) in [5, 5.41) is 23.3. The van der Waals surface area contributed by atoms with Crippen molar-refractivity contribution in [2.45, 2.75) is 56.6 Å². The highest BCUT2D eigenvalue weighted by molar-refractivity contribution is 5.80. The van der Waals surface area contributed by atoms with Crippen molar-refractivity contribution in [3.8, 4) is 0 Å². The number of benzene rings is 1. The molecule has 0 saturated carbocycles. The lowest BCUT2D eigenvalue weighted by Gasteiger charge is -2.17. The van der Waals surface area contributed by atoms with Gasteiger partial charge in [0.05, 0.1) is 11.6 Å². The fourth-order valence-corrected chi connectivity index (χ4v) is 4.94. The lowest BCUT2D eigenvalue weighted by molar-refractivity contribution is -0.0364. The minimum atomic E-state index is -1.02. The topological polar surface area (TPSA) is 93.3 Å². The molecule has 0 radical (unpaired) electrons. The van der Waals surface area contributed by atoms with E-state index < -0.39 is 24.5 Å². The number of ether oxygens (including phenoxy) is 1. The van der Waals surface area contributed by atoms with Crippen molar-refractivity contribution in [2.24, 2.45) is 0 Å². The van der Waals surface area contributed by atoms with Gasteiger partial charge < -0.3 is 19.5 Å². The van der Waals surface area contributed by atoms with E-state index in [2.05, 4.69) is 34.2 Å². The Kier molecular flexibility index (Phi) is 4.49. The minimum Gasteiger partial charge on any atom is -0.388 e. The van der Waals surface area contributed by atoms with Crippen LogP contribution in [0.15, 0.2) is 49.1 Å². The Bertz CT molecular complexity index is 1270. The number of nitrogens with zero attached hydrogens (tertiary/aromatic N) is 4. The molecule has 0 amide bonds. The van der Waals surface area contributed by atoms with Crippen LogP contribution >= 0.6 is 0 Å². The molecule has 7 heteroatoms. The maximum atomic E-state index is 10.6. The van der Waals surface area contributed by atoms with Crippen LogP contribution in [-0.4, -0.2) is 48.0 Å². The SMILES string of the molecule is O[C@@H]1[C@H](O)[C@@H](CCc2ccc3cc4c(nc3c2)CCC4)O[C@H]1n1ccc2cncnc21. The van der Waals surface area contributed by atoms with E-state index in [-0.39, 0.29) is 0 Å². The Morgan fingerprint density at radius 2 is 2.00 bits per heavy atom. The van der Waals surface area contributed by atoms with Gasteiger partial charge in [0.1, 0.15) is 24.2 Å². The number of fused-ring (bicyclic) bond motifs is 3. The van der Waals surface area contributed by atoms with Crippen molar-refractivity contribution in [1.29, 1.82) is 0 Å². The molecule has 0 spiro atoms. The first-order valence-electron chi connectivity index (χ1n) is 10.9. The summed E-state index contributed by atoms with van der Waals surface area (Å²) in [4.78, 5) is 13.2. The van der Waals surface area contributed by atoms with Gasteiger partial charge in [-0.2, -0.15) is 0 Å². The third kappa shape index (κ3) is 3.20. The summed E-state index contributed by atoms with van der Waals surface area (Å²) in [6.07, 6.45) is 6.64. The molecule has 4 atom stereocenters. The van der Waals surface area contributed by atoms with Gasteiger partial charge in [-0.05, 0) is 61.4 Å². The van der Waals surface area contributed by atoms with Gasteiger partial charge >= 0.3 is 0 Å². The minimum absolute atomic E-state index is 0.456. The summed E-state index contributed by atoms with van der Waals surface area (Å²) in [6, 6.07) is 10.5. The maximum absolute atomic E-state index is 10.6. The first-order valence-corrected chi connectivity index (χ1v) is 10.9.